The lowest BCUT2D eigenvalue weighted by Crippen LogP contribution is -2.46. The SMILES string of the molecule is CN(C)[C@@H](C(=O)N1CCC[C@H]1C(=O)Cc1ccc2[nH]c(-c3ccc(CC(=O)[C@@H]4CCCN4C(=O)[C@H]4CCN(Cc5ccccc5)C4)cc3)cc2c1)c1ccccc1. The average Bonchev–Trinajstić information content (AvgIpc) is 4.06. The molecule has 4 heterocycles. The number of amides is 2. The van der Waals surface area contributed by atoms with Gasteiger partial charge in [0.05, 0.1) is 18.0 Å². The van der Waals surface area contributed by atoms with E-state index < -0.39 is 12.1 Å². The fourth-order valence-electron chi connectivity index (χ4n) is 9.33. The highest BCUT2D eigenvalue weighted by molar-refractivity contribution is 5.94. The summed E-state index contributed by atoms with van der Waals surface area (Å²) in [5.74, 6) is 0.240. The maximum Gasteiger partial charge on any atom is 0.245 e. The lowest BCUT2D eigenvalue weighted by atomic mass is 9.99. The van der Waals surface area contributed by atoms with Crippen LogP contribution in [0.2, 0.25) is 0 Å². The predicted molar refractivity (Wildman–Crippen MR) is 223 cm³/mol. The summed E-state index contributed by atoms with van der Waals surface area (Å²) >= 11 is 0. The van der Waals surface area contributed by atoms with Crippen molar-refractivity contribution < 1.29 is 19.2 Å². The quantitative estimate of drug-likeness (QED) is 0.141. The van der Waals surface area contributed by atoms with Gasteiger partial charge in [-0.15, -0.1) is 0 Å². The number of likely N-dealkylation sites (N-methyl/N-ethyl adjacent to an activating group) is 1. The molecule has 0 saturated carbocycles. The van der Waals surface area contributed by atoms with E-state index in [1.54, 1.807) is 4.90 Å². The molecule has 0 aliphatic carbocycles. The van der Waals surface area contributed by atoms with Crippen LogP contribution in [0, 0.1) is 5.92 Å². The van der Waals surface area contributed by atoms with E-state index in [1.807, 2.05) is 96.7 Å². The van der Waals surface area contributed by atoms with E-state index in [0.717, 1.165) is 84.2 Å². The van der Waals surface area contributed by atoms with Crippen LogP contribution in [0.4, 0.5) is 0 Å². The zero-order chi connectivity index (χ0) is 39.5. The molecule has 9 heteroatoms. The van der Waals surface area contributed by atoms with Gasteiger partial charge in [-0.2, -0.15) is 0 Å². The molecule has 4 atom stereocenters. The van der Waals surface area contributed by atoms with Crippen molar-refractivity contribution in [1.29, 1.82) is 0 Å². The molecule has 0 bridgehead atoms. The van der Waals surface area contributed by atoms with Crippen molar-refractivity contribution in [2.75, 3.05) is 40.3 Å². The molecule has 8 rings (SSSR count). The molecule has 1 aromatic heterocycles. The largest absolute Gasteiger partial charge is 0.355 e. The Morgan fingerprint density at radius 1 is 0.684 bits per heavy atom. The number of Topliss-reactive ketones (excluding diaryl/α,β-unsaturated/α-hetero) is 2. The molecule has 3 aliphatic heterocycles. The number of hydrogen-bond acceptors (Lipinski definition) is 6. The minimum absolute atomic E-state index is 0.0235. The Morgan fingerprint density at radius 2 is 1.32 bits per heavy atom. The predicted octanol–water partition coefficient (Wildman–Crippen LogP) is 6.87. The normalized spacial score (nSPS) is 20.4. The summed E-state index contributed by atoms with van der Waals surface area (Å²) in [6.45, 7) is 3.74. The number of rotatable bonds is 13. The first-order valence-electron chi connectivity index (χ1n) is 20.6. The van der Waals surface area contributed by atoms with Crippen LogP contribution in [0.25, 0.3) is 22.2 Å². The molecule has 0 spiro atoms. The summed E-state index contributed by atoms with van der Waals surface area (Å²) < 4.78 is 0. The van der Waals surface area contributed by atoms with Crippen LogP contribution in [-0.4, -0.2) is 100 Å². The van der Waals surface area contributed by atoms with Crippen molar-refractivity contribution >= 4 is 34.3 Å². The Morgan fingerprint density at radius 3 is 2.02 bits per heavy atom. The van der Waals surface area contributed by atoms with Gasteiger partial charge in [0, 0.05) is 55.6 Å². The maximum absolute atomic E-state index is 13.8. The lowest BCUT2D eigenvalue weighted by molar-refractivity contribution is -0.141. The van der Waals surface area contributed by atoms with E-state index in [9.17, 15) is 19.2 Å². The van der Waals surface area contributed by atoms with Gasteiger partial charge in [0.1, 0.15) is 6.04 Å². The molecular weight excluding hydrogens is 711 g/mol. The number of nitrogens with one attached hydrogen (secondary N) is 1. The highest BCUT2D eigenvalue weighted by Gasteiger charge is 2.40. The Balaban J connectivity index is 0.872. The lowest BCUT2D eigenvalue weighted by Gasteiger charge is -2.31. The van der Waals surface area contributed by atoms with Crippen LogP contribution >= 0.6 is 0 Å². The Bertz CT molecular complexity index is 2220. The van der Waals surface area contributed by atoms with Crippen molar-refractivity contribution in [2.24, 2.45) is 5.92 Å². The minimum Gasteiger partial charge on any atom is -0.355 e. The summed E-state index contributed by atoms with van der Waals surface area (Å²) in [4.78, 5) is 66.3. The van der Waals surface area contributed by atoms with Gasteiger partial charge >= 0.3 is 0 Å². The van der Waals surface area contributed by atoms with E-state index in [4.69, 9.17) is 0 Å². The number of H-pyrrole nitrogens is 1. The molecule has 0 radical (unpaired) electrons. The van der Waals surface area contributed by atoms with Gasteiger partial charge in [-0.25, -0.2) is 0 Å². The number of hydrogen-bond donors (Lipinski definition) is 1. The van der Waals surface area contributed by atoms with E-state index in [-0.39, 0.29) is 41.8 Å². The number of benzene rings is 4. The summed E-state index contributed by atoms with van der Waals surface area (Å²) in [6.07, 6.45) is 4.50. The molecule has 2 amide bonds. The fraction of sp³-hybridized carbons (Fsp3) is 0.375. The van der Waals surface area contributed by atoms with Crippen molar-refractivity contribution in [3.8, 4) is 11.3 Å². The van der Waals surface area contributed by atoms with Crippen LogP contribution in [0.5, 0.6) is 0 Å². The Labute approximate surface area is 335 Å². The van der Waals surface area contributed by atoms with Crippen LogP contribution < -0.4 is 0 Å². The molecule has 3 fully saturated rings. The second kappa shape index (κ2) is 17.0. The smallest absolute Gasteiger partial charge is 0.245 e. The Hall–Kier alpha value is -5.38. The van der Waals surface area contributed by atoms with Gasteiger partial charge in [0.2, 0.25) is 11.8 Å². The van der Waals surface area contributed by atoms with Gasteiger partial charge in [0.25, 0.3) is 0 Å². The third kappa shape index (κ3) is 8.50. The van der Waals surface area contributed by atoms with Crippen molar-refractivity contribution in [2.45, 2.75) is 69.6 Å². The molecule has 0 unspecified atom stereocenters. The number of ketones is 2. The number of carbonyl (C=O) groups excluding carboxylic acids is 4. The van der Waals surface area contributed by atoms with E-state index in [2.05, 4.69) is 46.3 Å². The molecule has 4 aromatic carbocycles. The molecule has 9 nitrogen and oxygen atoms in total. The number of likely N-dealkylation sites (tertiary alicyclic amines) is 3. The third-order valence-electron chi connectivity index (χ3n) is 12.3. The zero-order valence-electron chi connectivity index (χ0n) is 33.1. The standard InChI is InChI=1S/C48H53N5O4/c1-50(2)46(37-13-7-4-8-14-37)48(57)53-25-10-16-43(53)45(55)29-35-19-22-40-39(27-35)30-41(49-40)36-20-17-33(18-21-36)28-44(54)42-15-9-24-52(42)47(56)38-23-26-51(32-38)31-34-11-5-3-6-12-34/h3-8,11-14,17-22,27,30,38,42-43,46,49H,9-10,15-16,23-26,28-29,31-32H2,1-2H3/t38-,42-,43-,46+/m0/s1. The number of nitrogens with zero attached hydrogens (tertiary/aromatic N) is 4. The second-order valence-electron chi connectivity index (χ2n) is 16.5. The molecule has 3 aliphatic rings. The number of aromatic nitrogens is 1. The van der Waals surface area contributed by atoms with Crippen LogP contribution in [0.3, 0.4) is 0 Å². The Kier molecular flexibility index (Phi) is 11.5. The first kappa shape index (κ1) is 38.5. The highest BCUT2D eigenvalue weighted by atomic mass is 16.2. The molecule has 294 valence electrons. The van der Waals surface area contributed by atoms with E-state index in [1.165, 1.54) is 5.56 Å². The molecule has 57 heavy (non-hydrogen) atoms. The monoisotopic (exact) mass is 763 g/mol. The van der Waals surface area contributed by atoms with Gasteiger partial charge < -0.3 is 14.8 Å². The van der Waals surface area contributed by atoms with Gasteiger partial charge in [0.15, 0.2) is 11.6 Å². The molecule has 3 saturated heterocycles. The second-order valence-corrected chi connectivity index (χ2v) is 16.5. The number of carbonyl (C=O) groups is 4. The molecular formula is C48H53N5O4. The summed E-state index contributed by atoms with van der Waals surface area (Å²) in [7, 11) is 3.81. The van der Waals surface area contributed by atoms with Crippen molar-refractivity contribution in [3.63, 3.8) is 0 Å². The third-order valence-corrected chi connectivity index (χ3v) is 12.3. The average molecular weight is 764 g/mol. The van der Waals surface area contributed by atoms with E-state index in [0.29, 0.717) is 25.9 Å². The van der Waals surface area contributed by atoms with Crippen LogP contribution in [0.15, 0.2) is 109 Å². The first-order chi connectivity index (χ1) is 27.7. The van der Waals surface area contributed by atoms with Gasteiger partial charge in [-0.05, 0) is 98.8 Å². The minimum atomic E-state index is -0.434. The summed E-state index contributed by atoms with van der Waals surface area (Å²) in [5.41, 5.74) is 7.00. The molecule has 5 aromatic rings. The summed E-state index contributed by atoms with van der Waals surface area (Å²) in [5, 5.41) is 1.02. The maximum atomic E-state index is 13.8. The number of fused-ring (bicyclic) bond motifs is 1. The van der Waals surface area contributed by atoms with Crippen LogP contribution in [0.1, 0.15) is 60.4 Å². The zero-order valence-corrected chi connectivity index (χ0v) is 33.1. The van der Waals surface area contributed by atoms with Crippen molar-refractivity contribution in [3.05, 3.63) is 131 Å². The first-order valence-corrected chi connectivity index (χ1v) is 20.6. The topological polar surface area (TPSA) is 97.0 Å². The highest BCUT2D eigenvalue weighted by Crippen LogP contribution is 2.31. The van der Waals surface area contributed by atoms with Crippen molar-refractivity contribution in [1.82, 2.24) is 24.6 Å². The van der Waals surface area contributed by atoms with Gasteiger partial charge in [-0.3, -0.25) is 29.0 Å². The van der Waals surface area contributed by atoms with Gasteiger partial charge in [-0.1, -0.05) is 91.0 Å². The van der Waals surface area contributed by atoms with E-state index >= 15 is 0 Å². The number of aromatic amines is 1. The van der Waals surface area contributed by atoms with Crippen LogP contribution in [-0.2, 0) is 38.6 Å². The summed E-state index contributed by atoms with van der Waals surface area (Å²) in [6, 6.07) is 35.2. The fourth-order valence-corrected chi connectivity index (χ4v) is 9.33. The molecule has 1 N–H and O–H groups in total.